The van der Waals surface area contributed by atoms with Gasteiger partial charge in [0.25, 0.3) is 0 Å². The van der Waals surface area contributed by atoms with E-state index < -0.39 is 0 Å². The van der Waals surface area contributed by atoms with E-state index in [0.717, 1.165) is 48.0 Å². The van der Waals surface area contributed by atoms with Gasteiger partial charge in [0.2, 0.25) is 11.9 Å². The van der Waals surface area contributed by atoms with Crippen molar-refractivity contribution in [3.63, 3.8) is 0 Å². The number of benzene rings is 1. The molecule has 0 aliphatic carbocycles. The highest BCUT2D eigenvalue weighted by Crippen LogP contribution is 2.28. The maximum Gasteiger partial charge on any atom is 0.233 e. The van der Waals surface area contributed by atoms with E-state index in [9.17, 15) is 4.79 Å². The van der Waals surface area contributed by atoms with Crippen molar-refractivity contribution in [2.24, 2.45) is 0 Å². The summed E-state index contributed by atoms with van der Waals surface area (Å²) in [5.74, 6) is 1.67. The minimum Gasteiger partial charge on any atom is -0.497 e. The molecule has 2 aromatic heterocycles. The van der Waals surface area contributed by atoms with Crippen LogP contribution in [0.3, 0.4) is 0 Å². The van der Waals surface area contributed by atoms with Crippen LogP contribution < -0.4 is 9.64 Å². The maximum atomic E-state index is 12.7. The van der Waals surface area contributed by atoms with Crippen LogP contribution in [-0.4, -0.2) is 29.1 Å². The minimum atomic E-state index is 0.103. The summed E-state index contributed by atoms with van der Waals surface area (Å²) in [6.45, 7) is 1.61. The summed E-state index contributed by atoms with van der Waals surface area (Å²) in [7, 11) is 1.65. The normalized spacial score (nSPS) is 13.6. The molecule has 1 amide bonds. The molecule has 4 rings (SSSR count). The topological polar surface area (TPSA) is 47.4 Å². The highest BCUT2D eigenvalue weighted by molar-refractivity contribution is 7.08. The molecule has 3 aromatic rings. The van der Waals surface area contributed by atoms with Crippen LogP contribution in [0.5, 0.6) is 5.75 Å². The van der Waals surface area contributed by atoms with Crippen molar-refractivity contribution >= 4 is 23.2 Å². The first kappa shape index (κ1) is 15.9. The van der Waals surface area contributed by atoms with Gasteiger partial charge in [-0.15, -0.1) is 0 Å². The second-order valence-electron chi connectivity index (χ2n) is 6.06. The molecule has 1 aliphatic heterocycles. The molecular weight excluding hydrogens is 334 g/mol. The molecule has 1 aromatic carbocycles. The van der Waals surface area contributed by atoms with E-state index >= 15 is 0 Å². The molecule has 0 saturated heterocycles. The fourth-order valence-corrected chi connectivity index (χ4v) is 3.75. The summed E-state index contributed by atoms with van der Waals surface area (Å²) >= 11 is 1.62. The largest absolute Gasteiger partial charge is 0.497 e. The van der Waals surface area contributed by atoms with Gasteiger partial charge in [-0.25, -0.2) is 4.98 Å². The Morgan fingerprint density at radius 1 is 1.24 bits per heavy atom. The number of hydrogen-bond donors (Lipinski definition) is 0. The van der Waals surface area contributed by atoms with Gasteiger partial charge in [0.1, 0.15) is 5.75 Å². The lowest BCUT2D eigenvalue weighted by molar-refractivity contribution is -0.118. The molecular formula is C19H19N3O2S. The van der Waals surface area contributed by atoms with Gasteiger partial charge in [-0.2, -0.15) is 11.3 Å². The van der Waals surface area contributed by atoms with Crippen LogP contribution in [0.4, 0.5) is 5.95 Å². The van der Waals surface area contributed by atoms with Crippen molar-refractivity contribution in [1.82, 2.24) is 9.55 Å². The van der Waals surface area contributed by atoms with E-state index in [1.54, 1.807) is 18.4 Å². The average Bonchev–Trinajstić information content (AvgIpc) is 3.30. The minimum absolute atomic E-state index is 0.103. The Labute approximate surface area is 150 Å². The van der Waals surface area contributed by atoms with E-state index in [-0.39, 0.29) is 5.91 Å². The number of carbonyl (C=O) groups is 1. The number of anilines is 1. The number of fused-ring (bicyclic) bond motifs is 1. The molecule has 0 N–H and O–H groups in total. The van der Waals surface area contributed by atoms with Crippen LogP contribution in [0.25, 0.3) is 11.3 Å². The van der Waals surface area contributed by atoms with Crippen molar-refractivity contribution < 1.29 is 9.53 Å². The van der Waals surface area contributed by atoms with Crippen molar-refractivity contribution in [2.75, 3.05) is 18.6 Å². The van der Waals surface area contributed by atoms with Gasteiger partial charge in [0.15, 0.2) is 0 Å². The first-order valence-electron chi connectivity index (χ1n) is 8.27. The number of ether oxygens (including phenoxy) is 1. The predicted molar refractivity (Wildman–Crippen MR) is 99.2 cm³/mol. The van der Waals surface area contributed by atoms with E-state index in [2.05, 4.69) is 4.57 Å². The molecule has 1 aliphatic rings. The highest BCUT2D eigenvalue weighted by Gasteiger charge is 2.25. The Kier molecular flexibility index (Phi) is 4.28. The number of imidazole rings is 1. The van der Waals surface area contributed by atoms with Crippen molar-refractivity contribution in [1.29, 1.82) is 0 Å². The van der Waals surface area contributed by atoms with Crippen LogP contribution in [-0.2, 0) is 17.8 Å². The standard InChI is InChI=1S/C19H19N3O2S/c1-24-16-5-3-15(4-6-16)17-12-21-8-2-9-22(19(21)20-17)18(23)11-14-7-10-25-13-14/h3-7,10,12-13H,2,8-9,11H2,1H3. The van der Waals surface area contributed by atoms with Crippen LogP contribution in [0.15, 0.2) is 47.3 Å². The third-order valence-electron chi connectivity index (χ3n) is 4.40. The summed E-state index contributed by atoms with van der Waals surface area (Å²) in [6.07, 6.45) is 3.40. The molecule has 0 fully saturated rings. The molecule has 3 heterocycles. The fourth-order valence-electron chi connectivity index (χ4n) is 3.09. The zero-order chi connectivity index (χ0) is 17.2. The van der Waals surface area contributed by atoms with Gasteiger partial charge in [0.05, 0.1) is 19.2 Å². The van der Waals surface area contributed by atoms with Gasteiger partial charge in [-0.1, -0.05) is 0 Å². The van der Waals surface area contributed by atoms with Crippen molar-refractivity contribution in [2.45, 2.75) is 19.4 Å². The third kappa shape index (κ3) is 3.17. The van der Waals surface area contributed by atoms with Crippen LogP contribution in [0.2, 0.25) is 0 Å². The third-order valence-corrected chi connectivity index (χ3v) is 5.13. The van der Waals surface area contributed by atoms with E-state index in [1.165, 1.54) is 0 Å². The Morgan fingerprint density at radius 3 is 2.80 bits per heavy atom. The second-order valence-corrected chi connectivity index (χ2v) is 6.84. The molecule has 25 heavy (non-hydrogen) atoms. The average molecular weight is 353 g/mol. The van der Waals surface area contributed by atoms with E-state index in [4.69, 9.17) is 9.72 Å². The number of carbonyl (C=O) groups excluding carboxylic acids is 1. The lowest BCUT2D eigenvalue weighted by Gasteiger charge is -2.27. The van der Waals surface area contributed by atoms with Crippen molar-refractivity contribution in [3.8, 4) is 17.0 Å². The van der Waals surface area contributed by atoms with E-state index in [1.807, 2.05) is 52.2 Å². The molecule has 0 spiro atoms. The number of rotatable bonds is 4. The smallest absolute Gasteiger partial charge is 0.233 e. The number of hydrogen-bond acceptors (Lipinski definition) is 4. The summed E-state index contributed by atoms with van der Waals surface area (Å²) in [5.41, 5.74) is 2.97. The lowest BCUT2D eigenvalue weighted by Crippen LogP contribution is -2.38. The van der Waals surface area contributed by atoms with Gasteiger partial charge in [-0.05, 0) is 53.1 Å². The van der Waals surface area contributed by atoms with Crippen LogP contribution >= 0.6 is 11.3 Å². The molecule has 0 bridgehead atoms. The zero-order valence-electron chi connectivity index (χ0n) is 14.0. The quantitative estimate of drug-likeness (QED) is 0.720. The molecule has 5 nitrogen and oxygen atoms in total. The van der Waals surface area contributed by atoms with Gasteiger partial charge in [-0.3, -0.25) is 9.69 Å². The number of methoxy groups -OCH3 is 1. The van der Waals surface area contributed by atoms with Gasteiger partial charge < -0.3 is 9.30 Å². The summed E-state index contributed by atoms with van der Waals surface area (Å²) in [6, 6.07) is 9.83. The van der Waals surface area contributed by atoms with Gasteiger partial charge >= 0.3 is 0 Å². The Morgan fingerprint density at radius 2 is 2.08 bits per heavy atom. The van der Waals surface area contributed by atoms with E-state index in [0.29, 0.717) is 6.42 Å². The monoisotopic (exact) mass is 353 g/mol. The second kappa shape index (κ2) is 6.72. The summed E-state index contributed by atoms with van der Waals surface area (Å²) in [4.78, 5) is 19.3. The highest BCUT2D eigenvalue weighted by atomic mass is 32.1. The number of aromatic nitrogens is 2. The molecule has 0 unspecified atom stereocenters. The molecule has 128 valence electrons. The summed E-state index contributed by atoms with van der Waals surface area (Å²) < 4.78 is 7.29. The molecule has 0 atom stereocenters. The lowest BCUT2D eigenvalue weighted by atomic mass is 10.2. The number of aryl methyl sites for hydroxylation is 1. The number of thiophene rings is 1. The SMILES string of the molecule is COc1ccc(-c2cn3c(n2)N(C(=O)Cc2ccsc2)CCC3)cc1. The Balaban J connectivity index is 1.60. The molecule has 0 radical (unpaired) electrons. The predicted octanol–water partition coefficient (Wildman–Crippen LogP) is 3.60. The zero-order valence-corrected chi connectivity index (χ0v) is 14.8. The van der Waals surface area contributed by atoms with Gasteiger partial charge in [0, 0.05) is 24.8 Å². The fraction of sp³-hybridized carbons (Fsp3) is 0.263. The van der Waals surface area contributed by atoms with Crippen LogP contribution in [0.1, 0.15) is 12.0 Å². The number of nitrogens with zero attached hydrogens (tertiary/aromatic N) is 3. The molecule has 6 heteroatoms. The molecule has 0 saturated carbocycles. The van der Waals surface area contributed by atoms with Crippen LogP contribution in [0, 0.1) is 0 Å². The first-order chi connectivity index (χ1) is 12.2. The number of amides is 1. The maximum absolute atomic E-state index is 12.7. The summed E-state index contributed by atoms with van der Waals surface area (Å²) in [5, 5.41) is 4.03. The Bertz CT molecular complexity index is 869. The Hall–Kier alpha value is -2.60. The van der Waals surface area contributed by atoms with Crippen molar-refractivity contribution in [3.05, 3.63) is 52.9 Å². The first-order valence-corrected chi connectivity index (χ1v) is 9.22.